The van der Waals surface area contributed by atoms with Crippen molar-refractivity contribution >= 4 is 33.4 Å². The second kappa shape index (κ2) is 11.6. The first-order valence-corrected chi connectivity index (χ1v) is 12.6. The molecule has 1 amide bonds. The molecule has 0 unspecified atom stereocenters. The summed E-state index contributed by atoms with van der Waals surface area (Å²) in [5.41, 5.74) is 1.93. The van der Waals surface area contributed by atoms with Crippen LogP contribution in [0.1, 0.15) is 22.7 Å². The Balaban J connectivity index is 1.79. The number of carbonyl (C=O) groups excluding carboxylic acids is 2. The van der Waals surface area contributed by atoms with Crippen LogP contribution >= 0.6 is 15.9 Å². The van der Waals surface area contributed by atoms with Crippen molar-refractivity contribution in [1.82, 2.24) is 4.90 Å². The number of aliphatic hydroxyl groups is 1. The predicted molar refractivity (Wildman–Crippen MR) is 146 cm³/mol. The number of aliphatic hydroxyl groups excluding tert-OH is 1. The van der Waals surface area contributed by atoms with Crippen LogP contribution in [0.25, 0.3) is 5.76 Å². The van der Waals surface area contributed by atoms with Gasteiger partial charge in [-0.15, -0.1) is 0 Å². The molecular formula is C29H28BrNO7. The van der Waals surface area contributed by atoms with Gasteiger partial charge in [0.15, 0.2) is 23.0 Å². The SMILES string of the molecule is COc1ccc(CCN2C(=O)C(=O)C(=C(O)c3ccc(Br)cc3)[C@H]2c2ccc(OC)c(OC)c2)cc1OC. The summed E-state index contributed by atoms with van der Waals surface area (Å²) in [6, 6.07) is 16.7. The first kappa shape index (κ1) is 27.1. The quantitative estimate of drug-likeness (QED) is 0.212. The zero-order valence-electron chi connectivity index (χ0n) is 21.5. The van der Waals surface area contributed by atoms with Crippen molar-refractivity contribution in [3.8, 4) is 23.0 Å². The van der Waals surface area contributed by atoms with Crippen molar-refractivity contribution in [3.05, 3.63) is 87.4 Å². The number of halogens is 1. The molecular weight excluding hydrogens is 554 g/mol. The average Bonchev–Trinajstić information content (AvgIpc) is 3.20. The van der Waals surface area contributed by atoms with Crippen molar-refractivity contribution in [1.29, 1.82) is 0 Å². The summed E-state index contributed by atoms with van der Waals surface area (Å²) in [6.45, 7) is 0.218. The van der Waals surface area contributed by atoms with Gasteiger partial charge in [-0.1, -0.05) is 40.2 Å². The second-order valence-corrected chi connectivity index (χ2v) is 9.47. The fourth-order valence-electron chi connectivity index (χ4n) is 4.53. The number of Topliss-reactive ketones (excluding diaryl/α,β-unsaturated/α-hetero) is 1. The number of ether oxygens (including phenoxy) is 4. The molecule has 0 spiro atoms. The molecule has 198 valence electrons. The fraction of sp³-hybridized carbons (Fsp3) is 0.241. The molecule has 4 rings (SSSR count). The smallest absolute Gasteiger partial charge is 0.295 e. The molecule has 1 aliphatic rings. The maximum Gasteiger partial charge on any atom is 0.295 e. The topological polar surface area (TPSA) is 94.5 Å². The highest BCUT2D eigenvalue weighted by molar-refractivity contribution is 9.10. The minimum Gasteiger partial charge on any atom is -0.507 e. The number of hydrogen-bond acceptors (Lipinski definition) is 7. The lowest BCUT2D eigenvalue weighted by atomic mass is 9.95. The average molecular weight is 582 g/mol. The maximum atomic E-state index is 13.3. The van der Waals surface area contributed by atoms with E-state index in [4.69, 9.17) is 18.9 Å². The summed E-state index contributed by atoms with van der Waals surface area (Å²) in [5, 5.41) is 11.3. The molecule has 0 radical (unpaired) electrons. The third-order valence-electron chi connectivity index (χ3n) is 6.47. The first-order valence-electron chi connectivity index (χ1n) is 11.8. The summed E-state index contributed by atoms with van der Waals surface area (Å²) in [5.74, 6) is 0.423. The van der Waals surface area contributed by atoms with Gasteiger partial charge in [0.05, 0.1) is 40.1 Å². The van der Waals surface area contributed by atoms with Crippen LogP contribution in [0.15, 0.2) is 70.7 Å². The Morgan fingerprint density at radius 1 is 0.816 bits per heavy atom. The van der Waals surface area contributed by atoms with Gasteiger partial charge in [-0.05, 0) is 53.9 Å². The molecule has 0 saturated carbocycles. The summed E-state index contributed by atoms with van der Waals surface area (Å²) in [4.78, 5) is 28.2. The first-order chi connectivity index (χ1) is 18.3. The highest BCUT2D eigenvalue weighted by atomic mass is 79.9. The van der Waals surface area contributed by atoms with Crippen molar-refractivity contribution < 1.29 is 33.6 Å². The van der Waals surface area contributed by atoms with Gasteiger partial charge < -0.3 is 29.0 Å². The lowest BCUT2D eigenvalue weighted by molar-refractivity contribution is -0.139. The number of benzene rings is 3. The van der Waals surface area contributed by atoms with Gasteiger partial charge in [0, 0.05) is 16.6 Å². The third kappa shape index (κ3) is 5.19. The third-order valence-corrected chi connectivity index (χ3v) is 7.00. The van der Waals surface area contributed by atoms with Crippen LogP contribution in [0.3, 0.4) is 0 Å². The van der Waals surface area contributed by atoms with Crippen LogP contribution in [0.5, 0.6) is 23.0 Å². The summed E-state index contributed by atoms with van der Waals surface area (Å²) in [7, 11) is 6.16. The van der Waals surface area contributed by atoms with Crippen molar-refractivity contribution in [2.75, 3.05) is 35.0 Å². The molecule has 0 aromatic heterocycles. The van der Waals surface area contributed by atoms with E-state index in [0.717, 1.165) is 10.0 Å². The van der Waals surface area contributed by atoms with Gasteiger partial charge in [-0.3, -0.25) is 9.59 Å². The van der Waals surface area contributed by atoms with E-state index < -0.39 is 17.7 Å². The number of nitrogens with zero attached hydrogens (tertiary/aromatic N) is 1. The van der Waals surface area contributed by atoms with Gasteiger partial charge >= 0.3 is 0 Å². The van der Waals surface area contributed by atoms with E-state index in [-0.39, 0.29) is 17.9 Å². The monoisotopic (exact) mass is 581 g/mol. The van der Waals surface area contributed by atoms with E-state index in [1.165, 1.54) is 19.1 Å². The standard InChI is InChI=1S/C29H28BrNO7/c1-35-21-11-5-17(15-23(21)37-3)13-14-31-26(19-8-12-22(36-2)24(16-19)38-4)25(28(33)29(31)34)27(32)18-6-9-20(30)10-7-18/h5-12,15-16,26,32H,13-14H2,1-4H3/t26-/m1/s1. The highest BCUT2D eigenvalue weighted by Crippen LogP contribution is 2.42. The summed E-state index contributed by atoms with van der Waals surface area (Å²) < 4.78 is 22.4. The molecule has 0 aliphatic carbocycles. The predicted octanol–water partition coefficient (Wildman–Crippen LogP) is 5.15. The molecule has 3 aromatic carbocycles. The summed E-state index contributed by atoms with van der Waals surface area (Å²) >= 11 is 3.38. The lowest BCUT2D eigenvalue weighted by Gasteiger charge is -2.26. The highest BCUT2D eigenvalue weighted by Gasteiger charge is 2.46. The van der Waals surface area contributed by atoms with Crippen molar-refractivity contribution in [3.63, 3.8) is 0 Å². The molecule has 38 heavy (non-hydrogen) atoms. The van der Waals surface area contributed by atoms with E-state index >= 15 is 0 Å². The Hall–Kier alpha value is -3.98. The van der Waals surface area contributed by atoms with Crippen LogP contribution < -0.4 is 18.9 Å². The minimum atomic E-state index is -0.835. The molecule has 0 bridgehead atoms. The van der Waals surface area contributed by atoms with Crippen molar-refractivity contribution in [2.45, 2.75) is 12.5 Å². The normalized spacial score (nSPS) is 16.4. The number of methoxy groups -OCH3 is 4. The molecule has 8 nitrogen and oxygen atoms in total. The molecule has 3 aromatic rings. The van der Waals surface area contributed by atoms with Gasteiger partial charge in [0.1, 0.15) is 5.76 Å². The Labute approximate surface area is 229 Å². The lowest BCUT2D eigenvalue weighted by Crippen LogP contribution is -2.31. The zero-order valence-corrected chi connectivity index (χ0v) is 23.1. The fourth-order valence-corrected chi connectivity index (χ4v) is 4.79. The number of hydrogen-bond donors (Lipinski definition) is 1. The molecule has 1 saturated heterocycles. The van der Waals surface area contributed by atoms with E-state index in [1.54, 1.807) is 62.8 Å². The van der Waals surface area contributed by atoms with E-state index in [2.05, 4.69) is 15.9 Å². The number of carbonyl (C=O) groups is 2. The number of ketones is 1. The minimum absolute atomic E-state index is 0.0110. The summed E-state index contributed by atoms with van der Waals surface area (Å²) in [6.07, 6.45) is 0.440. The Bertz CT molecular complexity index is 1380. The van der Waals surface area contributed by atoms with Gasteiger partial charge in [0.25, 0.3) is 11.7 Å². The van der Waals surface area contributed by atoms with Crippen LogP contribution in [-0.4, -0.2) is 56.7 Å². The zero-order chi connectivity index (χ0) is 27.4. The Morgan fingerprint density at radius 3 is 2.00 bits per heavy atom. The maximum absolute atomic E-state index is 13.3. The van der Waals surface area contributed by atoms with Crippen LogP contribution in [-0.2, 0) is 16.0 Å². The number of rotatable bonds is 9. The van der Waals surface area contributed by atoms with Gasteiger partial charge in [-0.2, -0.15) is 0 Å². The molecule has 1 N–H and O–H groups in total. The van der Waals surface area contributed by atoms with E-state index in [9.17, 15) is 14.7 Å². The van der Waals surface area contributed by atoms with E-state index in [0.29, 0.717) is 40.5 Å². The second-order valence-electron chi connectivity index (χ2n) is 8.55. The van der Waals surface area contributed by atoms with Crippen LogP contribution in [0.4, 0.5) is 0 Å². The molecule has 9 heteroatoms. The molecule has 1 fully saturated rings. The largest absolute Gasteiger partial charge is 0.507 e. The molecule has 1 heterocycles. The molecule has 1 aliphatic heterocycles. The number of amides is 1. The van der Waals surface area contributed by atoms with Crippen LogP contribution in [0.2, 0.25) is 0 Å². The van der Waals surface area contributed by atoms with Gasteiger partial charge in [0.2, 0.25) is 0 Å². The molecule has 1 atom stereocenters. The Kier molecular flexibility index (Phi) is 8.26. The van der Waals surface area contributed by atoms with Gasteiger partial charge in [-0.25, -0.2) is 0 Å². The number of likely N-dealkylation sites (tertiary alicyclic amines) is 1. The van der Waals surface area contributed by atoms with E-state index in [1.807, 2.05) is 12.1 Å². The van der Waals surface area contributed by atoms with Crippen LogP contribution in [0, 0.1) is 0 Å². The van der Waals surface area contributed by atoms with Crippen molar-refractivity contribution in [2.24, 2.45) is 0 Å². The Morgan fingerprint density at radius 2 is 1.39 bits per heavy atom.